The summed E-state index contributed by atoms with van der Waals surface area (Å²) >= 11 is 6.32. The van der Waals surface area contributed by atoms with E-state index in [1.165, 1.54) is 12.1 Å². The molecule has 1 heterocycles. The first kappa shape index (κ1) is 16.5. The molecule has 0 aromatic heterocycles. The van der Waals surface area contributed by atoms with Gasteiger partial charge in [-0.05, 0) is 49.0 Å². The molecule has 1 aliphatic heterocycles. The molecule has 1 saturated carbocycles. The number of hydrogen-bond donors (Lipinski definition) is 2. The maximum absolute atomic E-state index is 14.6. The van der Waals surface area contributed by atoms with E-state index in [4.69, 9.17) is 17.3 Å². The zero-order valence-electron chi connectivity index (χ0n) is 13.3. The normalized spacial score (nSPS) is 18.7. The van der Waals surface area contributed by atoms with E-state index in [0.717, 1.165) is 12.8 Å². The van der Waals surface area contributed by atoms with E-state index < -0.39 is 5.91 Å². The second kappa shape index (κ2) is 5.62. The second-order valence-corrected chi connectivity index (χ2v) is 6.85. The molecule has 1 fully saturated rings. The molecule has 0 atom stereocenters. The van der Waals surface area contributed by atoms with Crippen molar-refractivity contribution < 1.29 is 14.0 Å². The number of amides is 1. The summed E-state index contributed by atoms with van der Waals surface area (Å²) in [5.41, 5.74) is 7.25. The van der Waals surface area contributed by atoms with Crippen LogP contribution in [0.1, 0.15) is 37.8 Å². The largest absolute Gasteiger partial charge is 0.366 e. The van der Waals surface area contributed by atoms with Gasteiger partial charge in [0.2, 0.25) is 0 Å². The Morgan fingerprint density at radius 1 is 1.42 bits per heavy atom. The van der Waals surface area contributed by atoms with Crippen molar-refractivity contribution in [2.75, 3.05) is 0 Å². The Kier molecular flexibility index (Phi) is 3.86. The number of halogens is 2. The number of carbonyl (C=O) groups is 1. The zero-order chi connectivity index (χ0) is 17.6. The fourth-order valence-electron chi connectivity index (χ4n) is 2.96. The SMILES string of the molecule is CC1=C(c2cc(F)c(C3(C)CC3)c(Cl)c2)C=C(C(N)=O)C(=C=O)N1. The number of hydrogen-bond acceptors (Lipinski definition) is 3. The highest BCUT2D eigenvalue weighted by atomic mass is 35.5. The molecule has 0 unspecified atom stereocenters. The first-order valence-electron chi connectivity index (χ1n) is 7.51. The molecular formula is C18H16ClFN2O2. The maximum Gasteiger partial charge on any atom is 0.251 e. The fraction of sp³-hybridized carbons (Fsp3) is 0.278. The van der Waals surface area contributed by atoms with Gasteiger partial charge in [-0.2, -0.15) is 0 Å². The Bertz CT molecular complexity index is 852. The molecule has 0 bridgehead atoms. The van der Waals surface area contributed by atoms with E-state index in [-0.39, 0.29) is 22.5 Å². The minimum Gasteiger partial charge on any atom is -0.366 e. The molecule has 4 nitrogen and oxygen atoms in total. The van der Waals surface area contributed by atoms with Crippen molar-refractivity contribution in [2.24, 2.45) is 5.73 Å². The Labute approximate surface area is 143 Å². The van der Waals surface area contributed by atoms with Crippen LogP contribution in [-0.4, -0.2) is 11.8 Å². The number of allylic oxidation sites excluding steroid dienone is 3. The van der Waals surface area contributed by atoms with E-state index in [0.29, 0.717) is 27.4 Å². The van der Waals surface area contributed by atoms with Gasteiger partial charge in [-0.3, -0.25) is 4.79 Å². The standard InChI is InChI=1S/C18H16ClFN2O2/c1-9-11(7-12(17(21)24)15(8-23)22-9)10-5-13(19)16(14(20)6-10)18(2)3-4-18/h5-7,22H,3-4H2,1-2H3,(H2,21,24). The second-order valence-electron chi connectivity index (χ2n) is 6.44. The smallest absolute Gasteiger partial charge is 0.251 e. The van der Waals surface area contributed by atoms with Crippen molar-refractivity contribution in [3.8, 4) is 0 Å². The number of rotatable bonds is 3. The minimum atomic E-state index is -0.764. The van der Waals surface area contributed by atoms with Gasteiger partial charge in [-0.15, -0.1) is 0 Å². The van der Waals surface area contributed by atoms with Gasteiger partial charge in [0.1, 0.15) is 11.5 Å². The van der Waals surface area contributed by atoms with E-state index in [1.807, 2.05) is 6.92 Å². The van der Waals surface area contributed by atoms with Crippen LogP contribution in [0.25, 0.3) is 5.57 Å². The van der Waals surface area contributed by atoms with E-state index in [1.54, 1.807) is 18.9 Å². The van der Waals surface area contributed by atoms with Crippen LogP contribution in [0.3, 0.4) is 0 Å². The molecule has 24 heavy (non-hydrogen) atoms. The van der Waals surface area contributed by atoms with Gasteiger partial charge in [0.25, 0.3) is 5.91 Å². The summed E-state index contributed by atoms with van der Waals surface area (Å²) in [5, 5.41) is 3.14. The average molecular weight is 347 g/mol. The molecule has 3 rings (SSSR count). The van der Waals surface area contributed by atoms with Crippen molar-refractivity contribution in [1.29, 1.82) is 0 Å². The Morgan fingerprint density at radius 2 is 2.08 bits per heavy atom. The molecule has 1 amide bonds. The van der Waals surface area contributed by atoms with Crippen LogP contribution < -0.4 is 11.1 Å². The molecule has 1 aromatic carbocycles. The van der Waals surface area contributed by atoms with Crippen molar-refractivity contribution >= 4 is 29.0 Å². The number of nitrogens with one attached hydrogen (secondary N) is 1. The average Bonchev–Trinajstić information content (AvgIpc) is 3.23. The van der Waals surface area contributed by atoms with Gasteiger partial charge in [0, 0.05) is 21.9 Å². The molecular weight excluding hydrogens is 331 g/mol. The summed E-state index contributed by atoms with van der Waals surface area (Å²) in [4.78, 5) is 22.5. The fourth-order valence-corrected chi connectivity index (χ4v) is 3.40. The summed E-state index contributed by atoms with van der Waals surface area (Å²) in [6.07, 6.45) is 3.27. The summed E-state index contributed by atoms with van der Waals surface area (Å²) in [6, 6.07) is 3.07. The molecule has 1 aromatic rings. The van der Waals surface area contributed by atoms with E-state index >= 15 is 0 Å². The molecule has 3 N–H and O–H groups in total. The van der Waals surface area contributed by atoms with E-state index in [2.05, 4.69) is 5.32 Å². The topological polar surface area (TPSA) is 72.2 Å². The lowest BCUT2D eigenvalue weighted by atomic mass is 9.92. The van der Waals surface area contributed by atoms with Crippen LogP contribution in [0.5, 0.6) is 0 Å². The Hall–Kier alpha value is -2.36. The highest BCUT2D eigenvalue weighted by Crippen LogP contribution is 2.51. The Balaban J connectivity index is 2.12. The van der Waals surface area contributed by atoms with Crippen LogP contribution in [0.15, 0.2) is 35.2 Å². The zero-order valence-corrected chi connectivity index (χ0v) is 14.1. The minimum absolute atomic E-state index is 0.000335. The highest BCUT2D eigenvalue weighted by molar-refractivity contribution is 6.31. The molecule has 1 aliphatic carbocycles. The summed E-state index contributed by atoms with van der Waals surface area (Å²) < 4.78 is 14.6. The van der Waals surface area contributed by atoms with Gasteiger partial charge in [0.15, 0.2) is 5.94 Å². The van der Waals surface area contributed by atoms with Gasteiger partial charge < -0.3 is 11.1 Å². The molecule has 0 saturated heterocycles. The van der Waals surface area contributed by atoms with Gasteiger partial charge in [-0.25, -0.2) is 9.18 Å². The number of benzene rings is 1. The lowest BCUT2D eigenvalue weighted by Gasteiger charge is -2.21. The quantitative estimate of drug-likeness (QED) is 0.826. The monoisotopic (exact) mass is 346 g/mol. The third kappa shape index (κ3) is 2.66. The predicted molar refractivity (Wildman–Crippen MR) is 90.2 cm³/mol. The third-order valence-corrected chi connectivity index (χ3v) is 4.90. The van der Waals surface area contributed by atoms with E-state index in [9.17, 15) is 14.0 Å². The first-order valence-corrected chi connectivity index (χ1v) is 7.89. The maximum atomic E-state index is 14.6. The van der Waals surface area contributed by atoms with Crippen LogP contribution in [0.4, 0.5) is 4.39 Å². The number of dihydropyridines is 1. The predicted octanol–water partition coefficient (Wildman–Crippen LogP) is 2.99. The molecule has 0 radical (unpaired) electrons. The number of nitrogens with two attached hydrogens (primary N) is 1. The van der Waals surface area contributed by atoms with Crippen molar-refractivity contribution in [2.45, 2.75) is 32.1 Å². The summed E-state index contributed by atoms with van der Waals surface area (Å²) in [5.74, 6) is 0.514. The molecule has 6 heteroatoms. The van der Waals surface area contributed by atoms with Crippen LogP contribution in [-0.2, 0) is 15.0 Å². The number of carbonyl (C=O) groups excluding carboxylic acids is 2. The number of primary amides is 1. The van der Waals surface area contributed by atoms with Crippen LogP contribution in [0.2, 0.25) is 5.02 Å². The van der Waals surface area contributed by atoms with Crippen LogP contribution >= 0.6 is 11.6 Å². The molecule has 2 aliphatic rings. The lowest BCUT2D eigenvalue weighted by molar-refractivity contribution is -0.114. The summed E-state index contributed by atoms with van der Waals surface area (Å²) in [7, 11) is 0. The Morgan fingerprint density at radius 3 is 2.58 bits per heavy atom. The van der Waals surface area contributed by atoms with Crippen molar-refractivity contribution in [1.82, 2.24) is 5.32 Å². The lowest BCUT2D eigenvalue weighted by Crippen LogP contribution is -2.26. The van der Waals surface area contributed by atoms with Gasteiger partial charge in [-0.1, -0.05) is 18.5 Å². The van der Waals surface area contributed by atoms with Crippen molar-refractivity contribution in [3.05, 3.63) is 57.1 Å². The molecule has 0 spiro atoms. The highest BCUT2D eigenvalue weighted by Gasteiger charge is 2.42. The first-order chi connectivity index (χ1) is 11.3. The van der Waals surface area contributed by atoms with Crippen LogP contribution in [0, 0.1) is 5.82 Å². The third-order valence-electron chi connectivity index (χ3n) is 4.60. The van der Waals surface area contributed by atoms with Gasteiger partial charge >= 0.3 is 0 Å². The molecule has 124 valence electrons. The van der Waals surface area contributed by atoms with Crippen molar-refractivity contribution in [3.63, 3.8) is 0 Å². The van der Waals surface area contributed by atoms with Gasteiger partial charge in [0.05, 0.1) is 5.57 Å². The summed E-state index contributed by atoms with van der Waals surface area (Å²) in [6.45, 7) is 3.69.